The summed E-state index contributed by atoms with van der Waals surface area (Å²) in [5.41, 5.74) is 5.70. The van der Waals surface area contributed by atoms with Crippen molar-refractivity contribution in [2.45, 2.75) is 8.68 Å². The van der Waals surface area contributed by atoms with Crippen LogP contribution in [0.25, 0.3) is 0 Å². The molecule has 2 heterocycles. The molecule has 138 valence electrons. The summed E-state index contributed by atoms with van der Waals surface area (Å²) in [6, 6.07) is 3.49. The normalized spacial score (nSPS) is 12.7. The highest BCUT2D eigenvalue weighted by Crippen LogP contribution is 2.38. The van der Waals surface area contributed by atoms with Gasteiger partial charge in [0.25, 0.3) is 0 Å². The molecule has 0 spiro atoms. The van der Waals surface area contributed by atoms with E-state index in [1.807, 2.05) is 0 Å². The van der Waals surface area contributed by atoms with Gasteiger partial charge in [0.1, 0.15) is 13.2 Å². The third-order valence-electron chi connectivity index (χ3n) is 2.96. The molecule has 0 radical (unpaired) electrons. The van der Waals surface area contributed by atoms with Crippen LogP contribution in [0.2, 0.25) is 0 Å². The lowest BCUT2D eigenvalue weighted by molar-refractivity contribution is -0.115. The number of nitrogens with zero attached hydrogens (tertiary/aromatic N) is 2. The third-order valence-corrected chi connectivity index (χ3v) is 6.83. The summed E-state index contributed by atoms with van der Waals surface area (Å²) >= 11 is 7.22. The number of carbonyl (C=O) groups is 2. The Bertz CT molecular complexity index is 833. The van der Waals surface area contributed by atoms with E-state index in [-0.39, 0.29) is 17.4 Å². The van der Waals surface area contributed by atoms with Crippen LogP contribution in [-0.4, -0.2) is 46.7 Å². The molecule has 0 unspecified atom stereocenters. The van der Waals surface area contributed by atoms with E-state index < -0.39 is 5.91 Å². The number of hydrogen-bond donors (Lipinski definition) is 2. The molecule has 12 heteroatoms. The van der Waals surface area contributed by atoms with Crippen LogP contribution >= 0.6 is 50.8 Å². The summed E-state index contributed by atoms with van der Waals surface area (Å²) in [7, 11) is 0. The Balaban J connectivity index is 1.54. The van der Waals surface area contributed by atoms with Gasteiger partial charge in [-0.25, -0.2) is 0 Å². The van der Waals surface area contributed by atoms with Crippen molar-refractivity contribution in [1.82, 2.24) is 10.2 Å². The Morgan fingerprint density at radius 2 is 1.77 bits per heavy atom. The topological polar surface area (TPSA) is 116 Å². The number of halogens is 1. The Morgan fingerprint density at radius 3 is 2.42 bits per heavy atom. The van der Waals surface area contributed by atoms with Gasteiger partial charge in [-0.2, -0.15) is 0 Å². The van der Waals surface area contributed by atoms with Gasteiger partial charge in [0.05, 0.1) is 17.2 Å². The van der Waals surface area contributed by atoms with Gasteiger partial charge in [-0.1, -0.05) is 34.9 Å². The van der Waals surface area contributed by atoms with Crippen molar-refractivity contribution in [2.75, 3.05) is 30.0 Å². The minimum atomic E-state index is -0.413. The van der Waals surface area contributed by atoms with Gasteiger partial charge in [-0.15, -0.1) is 10.2 Å². The molecule has 3 rings (SSSR count). The minimum absolute atomic E-state index is 0.151. The van der Waals surface area contributed by atoms with Gasteiger partial charge in [0, 0.05) is 16.6 Å². The second kappa shape index (κ2) is 8.93. The molecular formula is C14H13BrN4O4S3. The number of fused-ring (bicyclic) bond motifs is 1. The molecule has 0 bridgehead atoms. The Morgan fingerprint density at radius 1 is 1.15 bits per heavy atom. The largest absolute Gasteiger partial charge is 0.486 e. The minimum Gasteiger partial charge on any atom is -0.486 e. The van der Waals surface area contributed by atoms with Gasteiger partial charge < -0.3 is 20.5 Å². The molecule has 1 aromatic carbocycles. The first kappa shape index (κ1) is 19.3. The van der Waals surface area contributed by atoms with Crippen LogP contribution in [0.1, 0.15) is 0 Å². The number of nitrogens with one attached hydrogen (secondary N) is 1. The predicted octanol–water partition coefficient (Wildman–Crippen LogP) is 2.38. The van der Waals surface area contributed by atoms with E-state index >= 15 is 0 Å². The number of amides is 2. The first-order chi connectivity index (χ1) is 12.5. The fourth-order valence-corrected chi connectivity index (χ4v) is 4.90. The third kappa shape index (κ3) is 5.25. The van der Waals surface area contributed by atoms with Crippen LogP contribution in [0.15, 0.2) is 25.3 Å². The lowest BCUT2D eigenvalue weighted by atomic mass is 10.2. The number of carbonyl (C=O) groups excluding carboxylic acids is 2. The van der Waals surface area contributed by atoms with Crippen molar-refractivity contribution in [2.24, 2.45) is 5.73 Å². The summed E-state index contributed by atoms with van der Waals surface area (Å²) in [6.45, 7) is 0.981. The lowest BCUT2D eigenvalue weighted by Gasteiger charge is -2.20. The number of benzene rings is 1. The average molecular weight is 477 g/mol. The fourth-order valence-electron chi connectivity index (χ4n) is 1.92. The number of thioether (sulfide) groups is 2. The Hall–Kier alpha value is -1.50. The number of aromatic nitrogens is 2. The van der Waals surface area contributed by atoms with Gasteiger partial charge in [0.2, 0.25) is 11.8 Å². The van der Waals surface area contributed by atoms with Crippen molar-refractivity contribution in [3.8, 4) is 11.5 Å². The maximum Gasteiger partial charge on any atom is 0.234 e. The van der Waals surface area contributed by atoms with Crippen molar-refractivity contribution in [3.63, 3.8) is 0 Å². The highest BCUT2D eigenvalue weighted by atomic mass is 79.9. The predicted molar refractivity (Wildman–Crippen MR) is 104 cm³/mol. The van der Waals surface area contributed by atoms with E-state index in [0.717, 1.165) is 0 Å². The first-order valence-electron chi connectivity index (χ1n) is 7.27. The number of hydrogen-bond acceptors (Lipinski definition) is 9. The zero-order valence-corrected chi connectivity index (χ0v) is 17.2. The second-order valence-corrected chi connectivity index (χ2v) is 9.18. The number of rotatable bonds is 7. The van der Waals surface area contributed by atoms with E-state index in [4.69, 9.17) is 15.2 Å². The summed E-state index contributed by atoms with van der Waals surface area (Å²) in [5.74, 6) is 0.971. The maximum absolute atomic E-state index is 12.2. The zero-order chi connectivity index (χ0) is 18.5. The van der Waals surface area contributed by atoms with E-state index in [1.54, 1.807) is 12.1 Å². The second-order valence-electron chi connectivity index (χ2n) is 4.90. The molecule has 0 aliphatic carbocycles. The number of ether oxygens (including phenoxy) is 2. The van der Waals surface area contributed by atoms with Gasteiger partial charge >= 0.3 is 0 Å². The molecule has 0 atom stereocenters. The molecule has 0 saturated carbocycles. The molecule has 2 aromatic rings. The Kier molecular flexibility index (Phi) is 6.62. The molecule has 0 saturated heterocycles. The SMILES string of the molecule is NC(=O)CSc1nnc(SCC(=O)Nc2cc3c(cc2Br)OCCO3)s1. The average Bonchev–Trinajstić information content (AvgIpc) is 3.07. The van der Waals surface area contributed by atoms with Crippen molar-refractivity contribution < 1.29 is 19.1 Å². The molecule has 0 fully saturated rings. The van der Waals surface area contributed by atoms with Crippen LogP contribution in [0, 0.1) is 0 Å². The highest BCUT2D eigenvalue weighted by molar-refractivity contribution is 9.10. The standard InChI is InChI=1S/C14H13BrN4O4S3/c15-7-3-9-10(23-2-1-22-9)4-8(7)17-12(21)6-25-14-19-18-13(26-14)24-5-11(16)20/h3-4H,1-2,5-6H2,(H2,16,20)(H,17,21). The zero-order valence-electron chi connectivity index (χ0n) is 13.2. The van der Waals surface area contributed by atoms with Crippen LogP contribution in [0.3, 0.4) is 0 Å². The maximum atomic E-state index is 12.2. The molecule has 1 aromatic heterocycles. The van der Waals surface area contributed by atoms with Crippen molar-refractivity contribution in [3.05, 3.63) is 16.6 Å². The number of nitrogens with two attached hydrogens (primary N) is 1. The number of anilines is 1. The van der Waals surface area contributed by atoms with Gasteiger partial charge in [-0.05, 0) is 15.9 Å². The number of primary amides is 1. The van der Waals surface area contributed by atoms with Crippen LogP contribution in [0.4, 0.5) is 5.69 Å². The summed E-state index contributed by atoms with van der Waals surface area (Å²) < 4.78 is 13.0. The highest BCUT2D eigenvalue weighted by Gasteiger charge is 2.16. The molecule has 3 N–H and O–H groups in total. The van der Waals surface area contributed by atoms with Crippen LogP contribution < -0.4 is 20.5 Å². The molecule has 2 amide bonds. The summed E-state index contributed by atoms with van der Waals surface area (Å²) in [6.07, 6.45) is 0. The van der Waals surface area contributed by atoms with Gasteiger partial charge in [0.15, 0.2) is 20.2 Å². The summed E-state index contributed by atoms with van der Waals surface area (Å²) in [5, 5.41) is 10.8. The van der Waals surface area contributed by atoms with E-state index in [1.165, 1.54) is 34.9 Å². The van der Waals surface area contributed by atoms with Crippen molar-refractivity contribution in [1.29, 1.82) is 0 Å². The quantitative estimate of drug-likeness (QED) is 0.584. The van der Waals surface area contributed by atoms with Crippen LogP contribution in [0.5, 0.6) is 11.5 Å². The van der Waals surface area contributed by atoms with Gasteiger partial charge in [-0.3, -0.25) is 9.59 Å². The monoisotopic (exact) mass is 476 g/mol. The molecule has 8 nitrogen and oxygen atoms in total. The summed E-state index contributed by atoms with van der Waals surface area (Å²) in [4.78, 5) is 23.0. The Labute approximate surface area is 169 Å². The fraction of sp³-hybridized carbons (Fsp3) is 0.286. The smallest absolute Gasteiger partial charge is 0.234 e. The van der Waals surface area contributed by atoms with E-state index in [9.17, 15) is 9.59 Å². The molecule has 26 heavy (non-hydrogen) atoms. The van der Waals surface area contributed by atoms with E-state index in [0.29, 0.717) is 43.6 Å². The van der Waals surface area contributed by atoms with Crippen molar-refractivity contribution >= 4 is 68.3 Å². The molecule has 1 aliphatic rings. The molecule has 1 aliphatic heterocycles. The first-order valence-corrected chi connectivity index (χ1v) is 10.9. The lowest BCUT2D eigenvalue weighted by Crippen LogP contribution is -2.17. The van der Waals surface area contributed by atoms with E-state index in [2.05, 4.69) is 31.4 Å². The molecular weight excluding hydrogens is 464 g/mol. The van der Waals surface area contributed by atoms with Crippen LogP contribution in [-0.2, 0) is 9.59 Å².